The molecule has 0 saturated carbocycles. The molecular formula is C25H28ClN3O5. The largest absolute Gasteiger partial charge is 0.496 e. The van der Waals surface area contributed by atoms with Gasteiger partial charge in [0, 0.05) is 35.9 Å². The Morgan fingerprint density at radius 3 is 2.76 bits per heavy atom. The molecule has 9 heteroatoms. The monoisotopic (exact) mass is 485 g/mol. The van der Waals surface area contributed by atoms with Crippen molar-refractivity contribution < 1.29 is 23.9 Å². The Balaban J connectivity index is 1.74. The normalized spacial score (nSPS) is 17.1. The smallest absolute Gasteiger partial charge is 0.233 e. The topological polar surface area (TPSA) is 106 Å². The van der Waals surface area contributed by atoms with Gasteiger partial charge >= 0.3 is 0 Å². The van der Waals surface area contributed by atoms with Crippen LogP contribution in [0.4, 0.5) is 5.69 Å². The number of amides is 3. The van der Waals surface area contributed by atoms with Gasteiger partial charge in [-0.1, -0.05) is 18.5 Å². The third-order valence-corrected chi connectivity index (χ3v) is 6.18. The number of ketones is 1. The molecule has 1 aromatic carbocycles. The van der Waals surface area contributed by atoms with Crippen LogP contribution in [0.5, 0.6) is 5.75 Å². The molecule has 3 rings (SSSR count). The first-order chi connectivity index (χ1) is 16.3. The van der Waals surface area contributed by atoms with Crippen LogP contribution in [0.2, 0.25) is 5.02 Å². The van der Waals surface area contributed by atoms with E-state index in [0.717, 1.165) is 10.5 Å². The Hall–Kier alpha value is -3.26. The first-order valence-corrected chi connectivity index (χ1v) is 11.6. The number of anilines is 1. The van der Waals surface area contributed by atoms with Crippen molar-refractivity contribution in [3.05, 3.63) is 53.3 Å². The molecule has 1 aromatic heterocycles. The summed E-state index contributed by atoms with van der Waals surface area (Å²) in [6, 6.07) is 8.53. The molecule has 34 heavy (non-hydrogen) atoms. The van der Waals surface area contributed by atoms with Crippen molar-refractivity contribution in [3.63, 3.8) is 0 Å². The second-order valence-electron chi connectivity index (χ2n) is 8.29. The number of carbonyl (C=O) groups is 4. The first-order valence-electron chi connectivity index (χ1n) is 11.2. The van der Waals surface area contributed by atoms with E-state index >= 15 is 0 Å². The lowest BCUT2D eigenvalue weighted by Crippen LogP contribution is -2.43. The van der Waals surface area contributed by atoms with Crippen molar-refractivity contribution in [1.82, 2.24) is 9.88 Å². The maximum atomic E-state index is 13.3. The van der Waals surface area contributed by atoms with Gasteiger partial charge < -0.3 is 10.1 Å². The number of Topliss-reactive ketones (excluding diaryl/α,β-unsaturated/α-hetero) is 1. The standard InChI is InChI=1S/C25H28ClN3O5/c1-3-16(24(32)28-20-5-4-10-27-14-20)13-23(31)29-15-21(30)8-6-17(25(29)33)11-18-12-19(26)7-9-22(18)34-2/h4-5,7,9-10,12,14,16-17H,3,6,8,11,13,15H2,1-2H3,(H,28,32)/t16-,17?/m0/s1. The molecule has 2 aromatic rings. The number of rotatable bonds is 8. The van der Waals surface area contributed by atoms with Crippen molar-refractivity contribution in [3.8, 4) is 5.75 Å². The Morgan fingerprint density at radius 2 is 2.09 bits per heavy atom. The Labute approximate surface area is 203 Å². The zero-order chi connectivity index (χ0) is 24.7. The molecule has 1 aliphatic heterocycles. The minimum Gasteiger partial charge on any atom is -0.496 e. The van der Waals surface area contributed by atoms with Crippen LogP contribution in [0.25, 0.3) is 0 Å². The molecular weight excluding hydrogens is 458 g/mol. The molecule has 0 aliphatic carbocycles. The van der Waals surface area contributed by atoms with Crippen molar-refractivity contribution in [1.29, 1.82) is 0 Å². The molecule has 1 saturated heterocycles. The summed E-state index contributed by atoms with van der Waals surface area (Å²) >= 11 is 6.12. The van der Waals surface area contributed by atoms with Crippen LogP contribution in [0.15, 0.2) is 42.7 Å². The summed E-state index contributed by atoms with van der Waals surface area (Å²) < 4.78 is 5.38. The number of pyridine rings is 1. The van der Waals surface area contributed by atoms with Crippen molar-refractivity contribution >= 4 is 40.8 Å². The van der Waals surface area contributed by atoms with E-state index in [0.29, 0.717) is 35.7 Å². The van der Waals surface area contributed by atoms with E-state index in [1.165, 1.54) is 13.3 Å². The van der Waals surface area contributed by atoms with E-state index in [1.54, 1.807) is 43.5 Å². The first kappa shape index (κ1) is 25.4. The van der Waals surface area contributed by atoms with Gasteiger partial charge in [0.15, 0.2) is 5.78 Å². The number of likely N-dealkylation sites (tertiary alicyclic amines) is 1. The Morgan fingerprint density at radius 1 is 1.29 bits per heavy atom. The third-order valence-electron chi connectivity index (χ3n) is 5.94. The van der Waals surface area contributed by atoms with Gasteiger partial charge in [-0.05, 0) is 55.2 Å². The SMILES string of the molecule is CC[C@@H](CC(=O)N1CC(=O)CCC(Cc2cc(Cl)ccc2OC)C1=O)C(=O)Nc1cccnc1. The molecule has 180 valence electrons. The zero-order valence-electron chi connectivity index (χ0n) is 19.3. The molecule has 1 N–H and O–H groups in total. The number of methoxy groups -OCH3 is 1. The van der Waals surface area contributed by atoms with Crippen LogP contribution in [-0.2, 0) is 25.6 Å². The molecule has 8 nitrogen and oxygen atoms in total. The molecule has 1 unspecified atom stereocenters. The molecule has 2 heterocycles. The number of nitrogens with zero attached hydrogens (tertiary/aromatic N) is 2. The molecule has 3 amide bonds. The number of benzene rings is 1. The number of aromatic nitrogens is 1. The lowest BCUT2D eigenvalue weighted by atomic mass is 9.93. The number of nitrogens with one attached hydrogen (secondary N) is 1. The number of ether oxygens (including phenoxy) is 1. The van der Waals surface area contributed by atoms with Crippen molar-refractivity contribution in [2.75, 3.05) is 19.0 Å². The third kappa shape index (κ3) is 6.41. The zero-order valence-corrected chi connectivity index (χ0v) is 20.0. The van der Waals surface area contributed by atoms with Gasteiger partial charge in [0.1, 0.15) is 5.75 Å². The highest BCUT2D eigenvalue weighted by Gasteiger charge is 2.35. The summed E-state index contributed by atoms with van der Waals surface area (Å²) in [7, 11) is 1.53. The number of carbonyl (C=O) groups excluding carboxylic acids is 4. The van der Waals surface area contributed by atoms with Crippen LogP contribution < -0.4 is 10.1 Å². The van der Waals surface area contributed by atoms with Crippen LogP contribution >= 0.6 is 11.6 Å². The quantitative estimate of drug-likeness (QED) is 0.611. The van der Waals surface area contributed by atoms with Gasteiger partial charge in [0.05, 0.1) is 25.5 Å². The highest BCUT2D eigenvalue weighted by molar-refractivity contribution is 6.30. The van der Waals surface area contributed by atoms with Crippen LogP contribution in [0.1, 0.15) is 38.2 Å². The Kier molecular flexibility index (Phi) is 8.76. The fourth-order valence-corrected chi connectivity index (χ4v) is 4.20. The van der Waals surface area contributed by atoms with E-state index in [9.17, 15) is 19.2 Å². The van der Waals surface area contributed by atoms with E-state index in [2.05, 4.69) is 10.3 Å². The Bertz CT molecular complexity index is 1060. The average Bonchev–Trinajstić information content (AvgIpc) is 2.96. The van der Waals surface area contributed by atoms with E-state index < -0.39 is 23.7 Å². The second-order valence-corrected chi connectivity index (χ2v) is 8.73. The molecule has 1 aliphatic rings. The van der Waals surface area contributed by atoms with E-state index in [1.807, 2.05) is 0 Å². The lowest BCUT2D eigenvalue weighted by Gasteiger charge is -2.24. The summed E-state index contributed by atoms with van der Waals surface area (Å²) in [5.41, 5.74) is 1.26. The summed E-state index contributed by atoms with van der Waals surface area (Å²) in [5.74, 6) is -2.11. The van der Waals surface area contributed by atoms with Crippen molar-refractivity contribution in [2.45, 2.75) is 39.0 Å². The average molecular weight is 486 g/mol. The highest BCUT2D eigenvalue weighted by Crippen LogP contribution is 2.29. The van der Waals surface area contributed by atoms with E-state index in [-0.39, 0.29) is 31.1 Å². The van der Waals surface area contributed by atoms with Crippen molar-refractivity contribution in [2.24, 2.45) is 11.8 Å². The minimum atomic E-state index is -0.648. The maximum absolute atomic E-state index is 13.3. The summed E-state index contributed by atoms with van der Waals surface area (Å²) in [6.07, 6.45) is 4.15. The number of hydrogen-bond acceptors (Lipinski definition) is 6. The molecule has 0 radical (unpaired) electrons. The highest BCUT2D eigenvalue weighted by atomic mass is 35.5. The van der Waals surface area contributed by atoms with E-state index in [4.69, 9.17) is 16.3 Å². The fraction of sp³-hybridized carbons (Fsp3) is 0.400. The van der Waals surface area contributed by atoms with Gasteiger partial charge in [-0.3, -0.25) is 29.1 Å². The molecule has 2 atom stereocenters. The fourth-order valence-electron chi connectivity index (χ4n) is 4.01. The van der Waals surface area contributed by atoms with Crippen LogP contribution in [-0.4, -0.2) is 47.0 Å². The predicted octanol–water partition coefficient (Wildman–Crippen LogP) is 3.68. The maximum Gasteiger partial charge on any atom is 0.233 e. The molecule has 1 fully saturated rings. The van der Waals surface area contributed by atoms with Gasteiger partial charge in [0.2, 0.25) is 17.7 Å². The second kappa shape index (κ2) is 11.7. The predicted molar refractivity (Wildman–Crippen MR) is 127 cm³/mol. The van der Waals surface area contributed by atoms with Gasteiger partial charge in [-0.25, -0.2) is 0 Å². The molecule has 0 bridgehead atoms. The number of hydrogen-bond donors (Lipinski definition) is 1. The van der Waals surface area contributed by atoms with Gasteiger partial charge in [0.25, 0.3) is 0 Å². The van der Waals surface area contributed by atoms with Gasteiger partial charge in [-0.2, -0.15) is 0 Å². The minimum absolute atomic E-state index is 0.172. The summed E-state index contributed by atoms with van der Waals surface area (Å²) in [5, 5.41) is 3.25. The van der Waals surface area contributed by atoms with Crippen LogP contribution in [0, 0.1) is 11.8 Å². The number of halogens is 1. The van der Waals surface area contributed by atoms with Crippen LogP contribution in [0.3, 0.4) is 0 Å². The lowest BCUT2D eigenvalue weighted by molar-refractivity contribution is -0.149. The number of imide groups is 1. The molecule has 0 spiro atoms. The summed E-state index contributed by atoms with van der Waals surface area (Å²) in [6.45, 7) is 1.52. The van der Waals surface area contributed by atoms with Gasteiger partial charge in [-0.15, -0.1) is 0 Å². The summed E-state index contributed by atoms with van der Waals surface area (Å²) in [4.78, 5) is 56.5.